The van der Waals surface area contributed by atoms with Crippen LogP contribution in [0.2, 0.25) is 0 Å². The Morgan fingerprint density at radius 1 is 0.690 bits per heavy atom. The van der Waals surface area contributed by atoms with Crippen LogP contribution in [0.4, 0.5) is 17.6 Å². The van der Waals surface area contributed by atoms with Crippen molar-refractivity contribution in [3.8, 4) is 0 Å². The quantitative estimate of drug-likeness (QED) is 0.0398. The van der Waals surface area contributed by atoms with Gasteiger partial charge in [0, 0.05) is 68.3 Å². The highest BCUT2D eigenvalue weighted by molar-refractivity contribution is 9.93. The second kappa shape index (κ2) is 53.3. The normalized spacial score (nSPS) is 10.4. The molecule has 0 heterocycles. The van der Waals surface area contributed by atoms with Gasteiger partial charge < -0.3 is 28.4 Å². The van der Waals surface area contributed by atoms with E-state index in [0.717, 1.165) is 14.2 Å². The number of Topliss-reactive ketones (excluding diaryl/α,β-unsaturated/α-hetero) is 2. The number of hydrogen-bond donors (Lipinski definition) is 0. The summed E-state index contributed by atoms with van der Waals surface area (Å²) in [5, 5.41) is 0.589. The molecule has 14 nitrogen and oxygen atoms in total. The molecule has 3 atom stereocenters. The van der Waals surface area contributed by atoms with Crippen molar-refractivity contribution < 1.29 is 84.3 Å². The lowest BCUT2D eigenvalue weighted by molar-refractivity contribution is -0.153. The summed E-state index contributed by atoms with van der Waals surface area (Å²) in [6.07, 6.45) is -1.71. The molecule has 344 valence electrons. The molecule has 58 heavy (non-hydrogen) atoms. The molecule has 0 N–H and O–H groups in total. The number of hydrogen-bond acceptors (Lipinski definition) is 14. The minimum Gasteiger partial charge on any atom is -0.468 e. The first-order valence-corrected chi connectivity index (χ1v) is 27.8. The molecule has 0 aromatic rings. The van der Waals surface area contributed by atoms with Gasteiger partial charge in [-0.25, -0.2) is 19.2 Å². The van der Waals surface area contributed by atoms with Gasteiger partial charge >= 0.3 is 40.6 Å². The molecule has 0 aliphatic carbocycles. The van der Waals surface area contributed by atoms with E-state index in [1.54, 1.807) is 41.5 Å². The molecule has 0 rings (SSSR count). The summed E-state index contributed by atoms with van der Waals surface area (Å²) in [6.45, 7) is 14.7. The summed E-state index contributed by atoms with van der Waals surface area (Å²) < 4.78 is 72.5. The Morgan fingerprint density at radius 2 is 1.07 bits per heavy atom. The molecule has 0 bridgehead atoms. The van der Waals surface area contributed by atoms with E-state index in [1.807, 2.05) is 15.9 Å². The number of carbonyl (C=O) groups is 8. The van der Waals surface area contributed by atoms with Gasteiger partial charge in [-0.05, 0) is 66.5 Å². The second-order valence-corrected chi connectivity index (χ2v) is 14.1. The van der Waals surface area contributed by atoms with E-state index in [0.29, 0.717) is 18.5 Å². The molecule has 0 fully saturated rings. The van der Waals surface area contributed by atoms with Gasteiger partial charge in [0.25, 0.3) is 11.9 Å². The van der Waals surface area contributed by atoms with Crippen LogP contribution in [0.5, 0.6) is 0 Å². The van der Waals surface area contributed by atoms with Crippen LogP contribution in [0.1, 0.15) is 48.0 Å². The van der Waals surface area contributed by atoms with Crippen molar-refractivity contribution in [2.24, 2.45) is 0 Å². The lowest BCUT2D eigenvalue weighted by Gasteiger charge is -2.12. The second-order valence-electron chi connectivity index (χ2n) is 8.08. The zero-order chi connectivity index (χ0) is 48.2. The molecule has 3 unspecified atom stereocenters. The topological polar surface area (TPSA) is 192 Å². The lowest BCUT2D eigenvalue weighted by Crippen LogP contribution is -2.30. The number of rotatable bonds is 14. The maximum absolute atomic E-state index is 12.1. The number of methoxy groups -OCH3 is 2. The predicted molar refractivity (Wildman–Crippen MR) is 246 cm³/mol. The van der Waals surface area contributed by atoms with Crippen LogP contribution in [0.15, 0.2) is 23.2 Å². The highest BCUT2D eigenvalue weighted by Gasteiger charge is 2.40. The summed E-state index contributed by atoms with van der Waals surface area (Å²) in [5.74, 6) is -5.15. The van der Waals surface area contributed by atoms with Crippen LogP contribution >= 0.6 is 152 Å². The summed E-state index contributed by atoms with van der Waals surface area (Å²) in [4.78, 5) is 77.8. The number of ether oxygens (including phenoxy) is 6. The fourth-order valence-electron chi connectivity index (χ4n) is 1.61. The van der Waals surface area contributed by atoms with Crippen LogP contribution in [0, 0.1) is 0 Å². The Balaban J connectivity index is -0.0000000848. The first kappa shape index (κ1) is 75.5. The molecule has 0 aliphatic rings. The van der Waals surface area contributed by atoms with Crippen molar-refractivity contribution in [3.63, 3.8) is 0 Å². The van der Waals surface area contributed by atoms with Crippen molar-refractivity contribution in [2.75, 3.05) is 46.0 Å². The molecule has 0 saturated carbocycles. The monoisotopic (exact) mass is 1490 g/mol. The average Bonchev–Trinajstić information content (AvgIpc) is 3.18. The molecular formula is C30H42Br10F4O14. The van der Waals surface area contributed by atoms with Gasteiger partial charge in [0.2, 0.25) is 5.78 Å². The van der Waals surface area contributed by atoms with E-state index < -0.39 is 62.0 Å². The van der Waals surface area contributed by atoms with E-state index in [-0.39, 0.29) is 41.0 Å². The molecular weight excluding hydrogens is 1460 g/mol. The number of alkyl halides is 7. The number of halogens is 14. The molecule has 0 saturated heterocycles. The van der Waals surface area contributed by atoms with Crippen LogP contribution in [-0.2, 0) is 66.8 Å². The minimum absolute atomic E-state index is 0.111. The molecule has 0 radical (unpaired) electrons. The predicted octanol–water partition coefficient (Wildman–Crippen LogP) is 10.8. The van der Waals surface area contributed by atoms with E-state index in [2.05, 4.69) is 171 Å². The lowest BCUT2D eigenvalue weighted by atomic mass is 10.3. The molecule has 0 aliphatic heterocycles. The van der Waals surface area contributed by atoms with Crippen molar-refractivity contribution in [3.05, 3.63) is 23.2 Å². The van der Waals surface area contributed by atoms with E-state index in [4.69, 9.17) is 0 Å². The maximum atomic E-state index is 12.1. The fourth-order valence-corrected chi connectivity index (χ4v) is 2.68. The molecule has 0 aromatic carbocycles. The summed E-state index contributed by atoms with van der Waals surface area (Å²) in [5.41, 5.74) is 0. The number of carbonyl (C=O) groups excluding carboxylic acids is 8. The Morgan fingerprint density at radius 3 is 1.28 bits per heavy atom. The van der Waals surface area contributed by atoms with Crippen molar-refractivity contribution in [1.29, 1.82) is 0 Å². The first-order chi connectivity index (χ1) is 26.8. The van der Waals surface area contributed by atoms with Gasteiger partial charge in [0.1, 0.15) is 4.83 Å². The summed E-state index contributed by atoms with van der Waals surface area (Å²) in [6, 6.07) is 0. The third-order valence-electron chi connectivity index (χ3n) is 3.96. The minimum atomic E-state index is -3.26. The Hall–Kier alpha value is 0.160. The molecule has 28 heteroatoms. The smallest absolute Gasteiger partial charge is 0.375 e. The first-order valence-electron chi connectivity index (χ1n) is 14.9. The molecule has 0 amide bonds. The number of esters is 6. The van der Waals surface area contributed by atoms with Crippen LogP contribution in [0.25, 0.3) is 0 Å². The highest BCUT2D eigenvalue weighted by atomic mass is 80.9. The highest BCUT2D eigenvalue weighted by Crippen LogP contribution is 2.31. The summed E-state index contributed by atoms with van der Waals surface area (Å²) in [7, 11) is 2.07. The summed E-state index contributed by atoms with van der Waals surface area (Å²) >= 11 is 27.5. The van der Waals surface area contributed by atoms with E-state index in [1.165, 1.54) is 0 Å². The van der Waals surface area contributed by atoms with Gasteiger partial charge in [-0.2, -0.15) is 17.6 Å². The van der Waals surface area contributed by atoms with Crippen LogP contribution in [-0.4, -0.2) is 113 Å². The van der Waals surface area contributed by atoms with Gasteiger partial charge in [-0.1, -0.05) is 77.2 Å². The zero-order valence-electron chi connectivity index (χ0n) is 31.8. The number of ketones is 2. The SMILES string of the molecule is BrBr.BrBr.C=C(Br)C(=O)OCC.CCOC(=O)C(=O)C(C)Br.CCOC(=O)C(=O)CC.CCOC(=O)C(Br)CBr.COC(=O)C(Br)C(F)(F)Br.COC(=O)C=C(F)F. The molecule has 0 aromatic heterocycles. The largest absolute Gasteiger partial charge is 0.468 e. The molecule has 0 spiro atoms. The van der Waals surface area contributed by atoms with Gasteiger partial charge in [0.15, 0.2) is 4.83 Å². The Bertz CT molecular complexity index is 1190. The van der Waals surface area contributed by atoms with Gasteiger partial charge in [-0.3, -0.25) is 19.2 Å². The average molecular weight is 1500 g/mol. The van der Waals surface area contributed by atoms with Crippen LogP contribution in [0.3, 0.4) is 0 Å². The fraction of sp³-hybridized carbons (Fsp3) is 0.600. The van der Waals surface area contributed by atoms with Gasteiger partial charge in [-0.15, -0.1) is 0 Å². The van der Waals surface area contributed by atoms with E-state index >= 15 is 0 Å². The third-order valence-corrected chi connectivity index (χ3v) is 8.94. The van der Waals surface area contributed by atoms with Crippen molar-refractivity contribution >= 4 is 199 Å². The maximum Gasteiger partial charge on any atom is 0.375 e. The van der Waals surface area contributed by atoms with E-state index in [9.17, 15) is 55.9 Å². The Kier molecular flexibility index (Phi) is 69.4. The third kappa shape index (κ3) is 58.3. The standard InChI is InChI=1S/C6H9BrO3.C6H10O3.C5H8Br2O2.C5H7BrO2.C4H4Br2F2O2.C4H4F2O2.2Br2/c1-3-10-6(9)5(8)4(2)7;1-3-5(7)6(8)9-4-2;1-2-9-5(8)4(7)3-6;1-3-8-5(7)4(2)6;1-10-3(9)2(5)4(6,7)8;1-8-4(7)2-3(5)6;2*1-2/h4H,3H2,1-2H3;3-4H2,1-2H3;4H,2-3H2,1H3;2-3H2,1H3;2H,1H3;2H,1H3;;. The van der Waals surface area contributed by atoms with Crippen molar-refractivity contribution in [2.45, 2.75) is 67.3 Å². The van der Waals surface area contributed by atoms with Gasteiger partial charge in [0.05, 0.1) is 56.0 Å². The zero-order valence-corrected chi connectivity index (χ0v) is 47.6. The Labute approximate surface area is 415 Å². The van der Waals surface area contributed by atoms with Crippen molar-refractivity contribution in [1.82, 2.24) is 0 Å². The van der Waals surface area contributed by atoms with Crippen LogP contribution < -0.4 is 0 Å².